The zero-order valence-electron chi connectivity index (χ0n) is 9.85. The molecule has 18 heavy (non-hydrogen) atoms. The molecule has 0 saturated carbocycles. The molecule has 0 aliphatic carbocycles. The second-order valence-electron chi connectivity index (χ2n) is 4.03. The summed E-state index contributed by atoms with van der Waals surface area (Å²) in [5, 5.41) is 9.40. The molecule has 2 heterocycles. The van der Waals surface area contributed by atoms with E-state index in [1.54, 1.807) is 0 Å². The molecular weight excluding hydrogens is 255 g/mol. The normalized spacial score (nSPS) is 10.9. The Labute approximate surface area is 107 Å². The van der Waals surface area contributed by atoms with Gasteiger partial charge < -0.3 is 5.11 Å². The van der Waals surface area contributed by atoms with E-state index in [1.165, 1.54) is 18.3 Å². The molecular formula is C12H11FN2O2S. The first-order valence-corrected chi connectivity index (χ1v) is 6.17. The third kappa shape index (κ3) is 2.24. The van der Waals surface area contributed by atoms with Crippen molar-refractivity contribution in [2.45, 2.75) is 19.8 Å². The van der Waals surface area contributed by atoms with Gasteiger partial charge in [-0.25, -0.2) is 14.2 Å². The monoisotopic (exact) mass is 266 g/mol. The second kappa shape index (κ2) is 4.81. The molecule has 0 fully saturated rings. The lowest BCUT2D eigenvalue weighted by Gasteiger charge is -2.00. The molecule has 2 rings (SSSR count). The fourth-order valence-electron chi connectivity index (χ4n) is 1.52. The number of nitrogens with zero attached hydrogens (tertiary/aromatic N) is 2. The number of hydrogen-bond donors (Lipinski definition) is 1. The van der Waals surface area contributed by atoms with Crippen LogP contribution in [0.1, 0.15) is 35.1 Å². The van der Waals surface area contributed by atoms with Gasteiger partial charge in [0, 0.05) is 6.20 Å². The summed E-state index contributed by atoms with van der Waals surface area (Å²) in [6.07, 6.45) is 1.45. The quantitative estimate of drug-likeness (QED) is 0.926. The number of pyridine rings is 1. The first-order valence-electron chi connectivity index (χ1n) is 5.35. The molecule has 0 unspecified atom stereocenters. The van der Waals surface area contributed by atoms with Gasteiger partial charge in [-0.05, 0) is 18.1 Å². The van der Waals surface area contributed by atoms with Gasteiger partial charge in [-0.2, -0.15) is 0 Å². The summed E-state index contributed by atoms with van der Waals surface area (Å²) in [5.41, 5.74) is 0.560. The van der Waals surface area contributed by atoms with Crippen molar-refractivity contribution in [1.29, 1.82) is 0 Å². The minimum absolute atomic E-state index is 0.0344. The average Bonchev–Trinajstić information content (AvgIpc) is 2.74. The van der Waals surface area contributed by atoms with E-state index >= 15 is 0 Å². The van der Waals surface area contributed by atoms with Gasteiger partial charge in [-0.15, -0.1) is 11.3 Å². The highest BCUT2D eigenvalue weighted by Crippen LogP contribution is 2.31. The lowest BCUT2D eigenvalue weighted by molar-refractivity contribution is 0.0700. The van der Waals surface area contributed by atoms with Gasteiger partial charge in [0.15, 0.2) is 5.82 Å². The zero-order chi connectivity index (χ0) is 13.3. The van der Waals surface area contributed by atoms with E-state index in [0.717, 1.165) is 11.3 Å². The van der Waals surface area contributed by atoms with E-state index in [9.17, 15) is 9.18 Å². The minimum Gasteiger partial charge on any atom is -0.477 e. The van der Waals surface area contributed by atoms with Crippen LogP contribution in [0.5, 0.6) is 0 Å². The average molecular weight is 266 g/mol. The van der Waals surface area contributed by atoms with E-state index in [4.69, 9.17) is 5.11 Å². The van der Waals surface area contributed by atoms with E-state index in [-0.39, 0.29) is 16.5 Å². The number of halogens is 1. The number of carbonyl (C=O) groups is 1. The van der Waals surface area contributed by atoms with Crippen molar-refractivity contribution >= 4 is 17.3 Å². The Morgan fingerprint density at radius 2 is 2.22 bits per heavy atom. The van der Waals surface area contributed by atoms with Crippen molar-refractivity contribution < 1.29 is 14.3 Å². The number of carboxylic acid groups (broad SMARTS) is 1. The molecule has 0 radical (unpaired) electrons. The van der Waals surface area contributed by atoms with Crippen LogP contribution in [-0.4, -0.2) is 21.0 Å². The third-order valence-corrected chi connectivity index (χ3v) is 3.42. The van der Waals surface area contributed by atoms with Gasteiger partial charge in [0.2, 0.25) is 0 Å². The van der Waals surface area contributed by atoms with Crippen molar-refractivity contribution in [3.63, 3.8) is 0 Å². The summed E-state index contributed by atoms with van der Waals surface area (Å²) >= 11 is 0.950. The van der Waals surface area contributed by atoms with Gasteiger partial charge in [-0.3, -0.25) is 4.98 Å². The van der Waals surface area contributed by atoms with Gasteiger partial charge >= 0.3 is 5.97 Å². The van der Waals surface area contributed by atoms with Crippen LogP contribution in [0.3, 0.4) is 0 Å². The highest BCUT2D eigenvalue weighted by atomic mass is 32.1. The molecule has 0 aliphatic rings. The minimum atomic E-state index is -1.04. The molecule has 2 aromatic rings. The Hall–Kier alpha value is -1.82. The molecule has 1 N–H and O–H groups in total. The Kier molecular flexibility index (Phi) is 3.38. The SMILES string of the molecule is CC(C)c1nc(-c2ncccc2F)sc1C(=O)O. The van der Waals surface area contributed by atoms with Crippen LogP contribution in [0, 0.1) is 5.82 Å². The second-order valence-corrected chi connectivity index (χ2v) is 5.03. The predicted molar refractivity (Wildman–Crippen MR) is 66.4 cm³/mol. The highest BCUT2D eigenvalue weighted by molar-refractivity contribution is 7.17. The maximum absolute atomic E-state index is 13.6. The molecule has 0 saturated heterocycles. The number of aromatic carboxylic acids is 1. The maximum Gasteiger partial charge on any atom is 0.347 e. The fraction of sp³-hybridized carbons (Fsp3) is 0.250. The zero-order valence-corrected chi connectivity index (χ0v) is 10.7. The lowest BCUT2D eigenvalue weighted by Crippen LogP contribution is -2.00. The maximum atomic E-state index is 13.6. The van der Waals surface area contributed by atoms with Gasteiger partial charge in [-0.1, -0.05) is 13.8 Å². The van der Waals surface area contributed by atoms with Crippen molar-refractivity contribution in [3.05, 3.63) is 34.7 Å². The number of thiazole rings is 1. The Bertz CT molecular complexity index is 596. The lowest BCUT2D eigenvalue weighted by atomic mass is 10.1. The molecule has 0 atom stereocenters. The summed E-state index contributed by atoms with van der Waals surface area (Å²) in [7, 11) is 0. The number of aromatic nitrogens is 2. The molecule has 0 spiro atoms. The number of carboxylic acids is 1. The van der Waals surface area contributed by atoms with Crippen LogP contribution in [0.4, 0.5) is 4.39 Å². The molecule has 0 bridgehead atoms. The highest BCUT2D eigenvalue weighted by Gasteiger charge is 2.22. The summed E-state index contributed by atoms with van der Waals surface area (Å²) in [6.45, 7) is 3.69. The largest absolute Gasteiger partial charge is 0.477 e. The van der Waals surface area contributed by atoms with Crippen LogP contribution in [0.2, 0.25) is 0 Å². The van der Waals surface area contributed by atoms with Gasteiger partial charge in [0.25, 0.3) is 0 Å². The molecule has 0 aromatic carbocycles. The van der Waals surface area contributed by atoms with E-state index in [1.807, 2.05) is 13.8 Å². The van der Waals surface area contributed by atoms with Gasteiger partial charge in [0.05, 0.1) is 5.69 Å². The summed E-state index contributed by atoms with van der Waals surface area (Å²) in [4.78, 5) is 19.4. The molecule has 0 aliphatic heterocycles. The van der Waals surface area contributed by atoms with Crippen LogP contribution < -0.4 is 0 Å². The molecule has 0 amide bonds. The van der Waals surface area contributed by atoms with Crippen LogP contribution >= 0.6 is 11.3 Å². The van der Waals surface area contributed by atoms with Crippen molar-refractivity contribution in [1.82, 2.24) is 9.97 Å². The first kappa shape index (κ1) is 12.6. The Balaban J connectivity index is 2.57. The van der Waals surface area contributed by atoms with Crippen LogP contribution in [-0.2, 0) is 0 Å². The summed E-state index contributed by atoms with van der Waals surface area (Å²) in [6, 6.07) is 2.76. The molecule has 94 valence electrons. The molecule has 2 aromatic heterocycles. The summed E-state index contributed by atoms with van der Waals surface area (Å²) < 4.78 is 13.6. The van der Waals surface area contributed by atoms with Crippen LogP contribution in [0.25, 0.3) is 10.7 Å². The Morgan fingerprint density at radius 3 is 2.72 bits per heavy atom. The molecule has 4 nitrogen and oxygen atoms in total. The summed E-state index contributed by atoms with van der Waals surface area (Å²) in [5.74, 6) is -1.58. The predicted octanol–water partition coefficient (Wildman–Crippen LogP) is 3.17. The van der Waals surface area contributed by atoms with Crippen molar-refractivity contribution in [3.8, 4) is 10.7 Å². The van der Waals surface area contributed by atoms with E-state index in [2.05, 4.69) is 9.97 Å². The number of hydrogen-bond acceptors (Lipinski definition) is 4. The van der Waals surface area contributed by atoms with E-state index in [0.29, 0.717) is 10.7 Å². The fourth-order valence-corrected chi connectivity index (χ4v) is 2.58. The number of rotatable bonds is 3. The van der Waals surface area contributed by atoms with Crippen molar-refractivity contribution in [2.24, 2.45) is 0 Å². The Morgan fingerprint density at radius 1 is 1.50 bits per heavy atom. The molecule has 6 heteroatoms. The first-order chi connectivity index (χ1) is 8.50. The topological polar surface area (TPSA) is 63.1 Å². The smallest absolute Gasteiger partial charge is 0.347 e. The van der Waals surface area contributed by atoms with Crippen molar-refractivity contribution in [2.75, 3.05) is 0 Å². The van der Waals surface area contributed by atoms with Gasteiger partial charge in [0.1, 0.15) is 15.6 Å². The van der Waals surface area contributed by atoms with Crippen LogP contribution in [0.15, 0.2) is 18.3 Å². The third-order valence-electron chi connectivity index (χ3n) is 2.36. The standard InChI is InChI=1S/C12H11FN2O2S/c1-6(2)8-10(12(16)17)18-11(15-8)9-7(13)4-3-5-14-9/h3-6H,1-2H3,(H,16,17). The van der Waals surface area contributed by atoms with E-state index < -0.39 is 11.8 Å².